The number of hydrogen-bond acceptors (Lipinski definition) is 4. The zero-order valence-corrected chi connectivity index (χ0v) is 13.5. The van der Waals surface area contributed by atoms with Crippen molar-refractivity contribution >= 4 is 12.4 Å². The molecule has 0 radical (unpaired) electrons. The first kappa shape index (κ1) is 18.2. The van der Waals surface area contributed by atoms with E-state index in [2.05, 4.69) is 24.0 Å². The van der Waals surface area contributed by atoms with Crippen LogP contribution in [-0.4, -0.2) is 49.5 Å². The van der Waals surface area contributed by atoms with Gasteiger partial charge in [-0.1, -0.05) is 25.5 Å². The van der Waals surface area contributed by atoms with Gasteiger partial charge in [-0.15, -0.1) is 12.4 Å². The van der Waals surface area contributed by atoms with E-state index in [9.17, 15) is 0 Å². The molecular formula is C16H26ClNO3. The normalized spacial score (nSPS) is 19.0. The highest BCUT2D eigenvalue weighted by atomic mass is 35.5. The van der Waals surface area contributed by atoms with Crippen molar-refractivity contribution in [3.63, 3.8) is 0 Å². The maximum Gasteiger partial charge on any atom is 0.119 e. The SMILES string of the molecule is CCCCOc1ccc(C2CN(CCO)CCO2)cc1.Cl. The Bertz CT molecular complexity index is 384. The van der Waals surface area contributed by atoms with E-state index < -0.39 is 0 Å². The lowest BCUT2D eigenvalue weighted by Crippen LogP contribution is -2.39. The van der Waals surface area contributed by atoms with E-state index in [-0.39, 0.29) is 25.1 Å². The Morgan fingerprint density at radius 3 is 2.76 bits per heavy atom. The number of β-amino-alcohol motifs (C(OH)–C–C–N with tert-alkyl or cyclic N) is 1. The third-order valence-electron chi connectivity index (χ3n) is 3.59. The largest absolute Gasteiger partial charge is 0.494 e. The van der Waals surface area contributed by atoms with Gasteiger partial charge in [-0.3, -0.25) is 4.90 Å². The molecule has 120 valence electrons. The smallest absolute Gasteiger partial charge is 0.119 e. The van der Waals surface area contributed by atoms with Gasteiger partial charge < -0.3 is 14.6 Å². The van der Waals surface area contributed by atoms with E-state index in [1.54, 1.807) is 0 Å². The number of nitrogens with zero attached hydrogens (tertiary/aromatic N) is 1. The second kappa shape index (κ2) is 10.0. The van der Waals surface area contributed by atoms with Crippen molar-refractivity contribution in [3.05, 3.63) is 29.8 Å². The van der Waals surface area contributed by atoms with Crippen LogP contribution in [0.3, 0.4) is 0 Å². The molecule has 1 unspecified atom stereocenters. The molecule has 21 heavy (non-hydrogen) atoms. The average Bonchev–Trinajstić information content (AvgIpc) is 2.49. The van der Waals surface area contributed by atoms with Crippen LogP contribution >= 0.6 is 12.4 Å². The number of benzene rings is 1. The molecule has 1 saturated heterocycles. The third kappa shape index (κ3) is 5.83. The lowest BCUT2D eigenvalue weighted by Gasteiger charge is -2.32. The van der Waals surface area contributed by atoms with E-state index >= 15 is 0 Å². The molecule has 5 heteroatoms. The number of hydrogen-bond donors (Lipinski definition) is 1. The van der Waals surface area contributed by atoms with Gasteiger partial charge in [0.15, 0.2) is 0 Å². The molecular weight excluding hydrogens is 290 g/mol. The second-order valence-corrected chi connectivity index (χ2v) is 5.15. The standard InChI is InChI=1S/C16H25NO3.ClH/c1-2-3-11-19-15-6-4-14(5-7-15)16-13-17(8-10-18)9-12-20-16;/h4-7,16,18H,2-3,8-13H2,1H3;1H. The Hall–Kier alpha value is -0.810. The first-order chi connectivity index (χ1) is 9.83. The Kier molecular flexibility index (Phi) is 8.69. The van der Waals surface area contributed by atoms with Gasteiger partial charge in [-0.2, -0.15) is 0 Å². The number of rotatable bonds is 7. The van der Waals surface area contributed by atoms with E-state index in [1.165, 1.54) is 5.56 Å². The van der Waals surface area contributed by atoms with Gasteiger partial charge in [0, 0.05) is 19.6 Å². The number of aliphatic hydroxyl groups is 1. The molecule has 0 bridgehead atoms. The van der Waals surface area contributed by atoms with Crippen LogP contribution in [-0.2, 0) is 4.74 Å². The topological polar surface area (TPSA) is 41.9 Å². The molecule has 0 spiro atoms. The van der Waals surface area contributed by atoms with Crippen LogP contribution in [0.2, 0.25) is 0 Å². The molecule has 1 heterocycles. The van der Waals surface area contributed by atoms with Crippen LogP contribution in [0, 0.1) is 0 Å². The van der Waals surface area contributed by atoms with Gasteiger partial charge in [-0.25, -0.2) is 0 Å². The van der Waals surface area contributed by atoms with Crippen molar-refractivity contribution < 1.29 is 14.6 Å². The molecule has 1 aromatic carbocycles. The number of morpholine rings is 1. The van der Waals surface area contributed by atoms with Crippen LogP contribution in [0.15, 0.2) is 24.3 Å². The number of aliphatic hydroxyl groups excluding tert-OH is 1. The van der Waals surface area contributed by atoms with Crippen LogP contribution in [0.1, 0.15) is 31.4 Å². The van der Waals surface area contributed by atoms with Crippen molar-refractivity contribution in [3.8, 4) is 5.75 Å². The fourth-order valence-corrected chi connectivity index (χ4v) is 2.36. The van der Waals surface area contributed by atoms with E-state index in [0.29, 0.717) is 0 Å². The molecule has 0 saturated carbocycles. The van der Waals surface area contributed by atoms with Crippen molar-refractivity contribution in [2.45, 2.75) is 25.9 Å². The highest BCUT2D eigenvalue weighted by molar-refractivity contribution is 5.85. The molecule has 1 aliphatic rings. The summed E-state index contributed by atoms with van der Waals surface area (Å²) in [7, 11) is 0. The van der Waals surface area contributed by atoms with E-state index in [0.717, 1.165) is 51.4 Å². The molecule has 1 N–H and O–H groups in total. The quantitative estimate of drug-likeness (QED) is 0.786. The maximum atomic E-state index is 9.02. The second-order valence-electron chi connectivity index (χ2n) is 5.15. The Labute approximate surface area is 133 Å². The van der Waals surface area contributed by atoms with Gasteiger partial charge in [0.1, 0.15) is 5.75 Å². The minimum atomic E-state index is 0. The van der Waals surface area contributed by atoms with Gasteiger partial charge in [0.05, 0.1) is 25.9 Å². The summed E-state index contributed by atoms with van der Waals surface area (Å²) in [6, 6.07) is 8.18. The number of ether oxygens (including phenoxy) is 2. The number of unbranched alkanes of at least 4 members (excludes halogenated alkanes) is 1. The van der Waals surface area contributed by atoms with Crippen LogP contribution < -0.4 is 4.74 Å². The summed E-state index contributed by atoms with van der Waals surface area (Å²) in [5.41, 5.74) is 1.18. The third-order valence-corrected chi connectivity index (χ3v) is 3.59. The van der Waals surface area contributed by atoms with Crippen molar-refractivity contribution in [1.82, 2.24) is 4.90 Å². The van der Waals surface area contributed by atoms with Crippen LogP contribution in [0.25, 0.3) is 0 Å². The summed E-state index contributed by atoms with van der Waals surface area (Å²) >= 11 is 0. The highest BCUT2D eigenvalue weighted by Crippen LogP contribution is 2.24. The average molecular weight is 316 g/mol. The van der Waals surface area contributed by atoms with Gasteiger partial charge >= 0.3 is 0 Å². The maximum absolute atomic E-state index is 9.02. The van der Waals surface area contributed by atoms with Gasteiger partial charge in [0.25, 0.3) is 0 Å². The van der Waals surface area contributed by atoms with Crippen molar-refractivity contribution in [2.75, 3.05) is 39.5 Å². The molecule has 0 aliphatic carbocycles. The van der Waals surface area contributed by atoms with Gasteiger partial charge in [0.2, 0.25) is 0 Å². The molecule has 1 aromatic rings. The monoisotopic (exact) mass is 315 g/mol. The highest BCUT2D eigenvalue weighted by Gasteiger charge is 2.21. The zero-order chi connectivity index (χ0) is 14.2. The summed E-state index contributed by atoms with van der Waals surface area (Å²) < 4.78 is 11.5. The van der Waals surface area contributed by atoms with E-state index in [4.69, 9.17) is 14.6 Å². The molecule has 1 atom stereocenters. The van der Waals surface area contributed by atoms with Crippen LogP contribution in [0.5, 0.6) is 5.75 Å². The Balaban J connectivity index is 0.00000220. The van der Waals surface area contributed by atoms with Crippen molar-refractivity contribution in [2.24, 2.45) is 0 Å². The molecule has 2 rings (SSSR count). The minimum Gasteiger partial charge on any atom is -0.494 e. The molecule has 1 aliphatic heterocycles. The predicted octanol–water partition coefficient (Wildman–Crippen LogP) is 2.65. The first-order valence-corrected chi connectivity index (χ1v) is 7.51. The summed E-state index contributed by atoms with van der Waals surface area (Å²) in [4.78, 5) is 2.24. The van der Waals surface area contributed by atoms with E-state index in [1.807, 2.05) is 12.1 Å². The minimum absolute atomic E-state index is 0. The lowest BCUT2D eigenvalue weighted by atomic mass is 10.1. The molecule has 1 fully saturated rings. The molecule has 0 aromatic heterocycles. The zero-order valence-electron chi connectivity index (χ0n) is 12.7. The molecule has 4 nitrogen and oxygen atoms in total. The summed E-state index contributed by atoms with van der Waals surface area (Å²) in [5, 5.41) is 9.02. The predicted molar refractivity (Wildman–Crippen MR) is 86.3 cm³/mol. The summed E-state index contributed by atoms with van der Waals surface area (Å²) in [6.45, 7) is 6.32. The lowest BCUT2D eigenvalue weighted by molar-refractivity contribution is -0.0338. The fraction of sp³-hybridized carbons (Fsp3) is 0.625. The van der Waals surface area contributed by atoms with Crippen LogP contribution in [0.4, 0.5) is 0 Å². The van der Waals surface area contributed by atoms with Crippen molar-refractivity contribution in [1.29, 1.82) is 0 Å². The molecule has 0 amide bonds. The summed E-state index contributed by atoms with van der Waals surface area (Å²) in [6.07, 6.45) is 2.33. The Morgan fingerprint density at radius 1 is 1.33 bits per heavy atom. The first-order valence-electron chi connectivity index (χ1n) is 7.51. The fourth-order valence-electron chi connectivity index (χ4n) is 2.36. The summed E-state index contributed by atoms with van der Waals surface area (Å²) in [5.74, 6) is 0.922. The number of halogens is 1. The van der Waals surface area contributed by atoms with Gasteiger partial charge in [-0.05, 0) is 24.1 Å². The Morgan fingerprint density at radius 2 is 2.10 bits per heavy atom.